The van der Waals surface area contributed by atoms with Crippen LogP contribution in [-0.2, 0) is 0 Å². The molecule has 0 aliphatic carbocycles. The summed E-state index contributed by atoms with van der Waals surface area (Å²) in [4.78, 5) is 0. The Balaban J connectivity index is 2.18. The number of hydrogen-bond acceptors (Lipinski definition) is 2. The highest BCUT2D eigenvalue weighted by Crippen LogP contribution is 2.14. The molecule has 0 spiro atoms. The first-order valence-corrected chi connectivity index (χ1v) is 5.27. The van der Waals surface area contributed by atoms with Gasteiger partial charge in [-0.25, -0.2) is 0 Å². The van der Waals surface area contributed by atoms with E-state index in [0.29, 0.717) is 0 Å². The van der Waals surface area contributed by atoms with Crippen molar-refractivity contribution in [2.45, 2.75) is 32.6 Å². The summed E-state index contributed by atoms with van der Waals surface area (Å²) in [5, 5.41) is 12.4. The minimum absolute atomic E-state index is 0.198. The van der Waals surface area contributed by atoms with E-state index in [1.165, 1.54) is 25.7 Å². The van der Waals surface area contributed by atoms with Crippen molar-refractivity contribution in [2.75, 3.05) is 11.9 Å². The fraction of sp³-hybridized carbons (Fsp3) is 0.500. The van der Waals surface area contributed by atoms with Gasteiger partial charge in [0.05, 0.1) is 0 Å². The van der Waals surface area contributed by atoms with Gasteiger partial charge >= 0.3 is 0 Å². The molecular formula is C12H18NO. The second kappa shape index (κ2) is 6.30. The van der Waals surface area contributed by atoms with Crippen molar-refractivity contribution in [3.63, 3.8) is 0 Å². The fourth-order valence-corrected chi connectivity index (χ4v) is 1.35. The van der Waals surface area contributed by atoms with Crippen LogP contribution in [-0.4, -0.2) is 11.7 Å². The van der Waals surface area contributed by atoms with Crippen LogP contribution < -0.4 is 5.32 Å². The summed E-state index contributed by atoms with van der Waals surface area (Å²) in [6.07, 6.45) is 5.03. The SMILES string of the molecule is CCCCCCNc1cc[c]c(O)c1. The van der Waals surface area contributed by atoms with E-state index in [4.69, 9.17) is 5.11 Å². The molecule has 1 rings (SSSR count). The molecule has 1 radical (unpaired) electrons. The molecule has 1 aromatic rings. The molecule has 0 bridgehead atoms. The van der Waals surface area contributed by atoms with Gasteiger partial charge in [-0.05, 0) is 18.6 Å². The first-order valence-electron chi connectivity index (χ1n) is 5.27. The Hall–Kier alpha value is -1.18. The number of nitrogens with one attached hydrogen (secondary N) is 1. The predicted molar refractivity (Wildman–Crippen MR) is 59.6 cm³/mol. The summed E-state index contributed by atoms with van der Waals surface area (Å²) >= 11 is 0. The molecule has 2 heteroatoms. The lowest BCUT2D eigenvalue weighted by molar-refractivity contribution is 0.474. The van der Waals surface area contributed by atoms with E-state index in [1.807, 2.05) is 6.07 Å². The molecule has 1 aromatic carbocycles. The molecule has 0 saturated carbocycles. The third-order valence-corrected chi connectivity index (χ3v) is 2.15. The van der Waals surface area contributed by atoms with Gasteiger partial charge in [-0.1, -0.05) is 26.2 Å². The summed E-state index contributed by atoms with van der Waals surface area (Å²) in [5.41, 5.74) is 0.970. The average molecular weight is 192 g/mol. The second-order valence-corrected chi connectivity index (χ2v) is 3.45. The van der Waals surface area contributed by atoms with Gasteiger partial charge < -0.3 is 10.4 Å². The smallest absolute Gasteiger partial charge is 0.125 e. The van der Waals surface area contributed by atoms with E-state index in [2.05, 4.69) is 18.3 Å². The van der Waals surface area contributed by atoms with Gasteiger partial charge in [0.1, 0.15) is 5.75 Å². The summed E-state index contributed by atoms with van der Waals surface area (Å²) < 4.78 is 0. The van der Waals surface area contributed by atoms with Crippen molar-refractivity contribution in [1.29, 1.82) is 0 Å². The minimum Gasteiger partial charge on any atom is -0.507 e. The normalized spacial score (nSPS) is 10.1. The second-order valence-electron chi connectivity index (χ2n) is 3.45. The highest BCUT2D eigenvalue weighted by Gasteiger charge is 1.93. The van der Waals surface area contributed by atoms with Crippen molar-refractivity contribution in [2.24, 2.45) is 0 Å². The Kier molecular flexibility index (Phi) is 4.90. The van der Waals surface area contributed by atoms with Crippen LogP contribution in [0.5, 0.6) is 5.75 Å². The highest BCUT2D eigenvalue weighted by molar-refractivity contribution is 5.46. The Morgan fingerprint density at radius 2 is 2.21 bits per heavy atom. The molecule has 0 aromatic heterocycles. The van der Waals surface area contributed by atoms with Crippen LogP contribution in [0.15, 0.2) is 18.2 Å². The summed E-state index contributed by atoms with van der Waals surface area (Å²) in [5.74, 6) is 0.198. The van der Waals surface area contributed by atoms with E-state index in [-0.39, 0.29) is 5.75 Å². The first-order chi connectivity index (χ1) is 6.83. The molecule has 0 amide bonds. The Labute approximate surface area is 86.0 Å². The van der Waals surface area contributed by atoms with Gasteiger partial charge in [-0.15, -0.1) is 0 Å². The van der Waals surface area contributed by atoms with Gasteiger partial charge in [0.15, 0.2) is 0 Å². The van der Waals surface area contributed by atoms with Gasteiger partial charge in [0.2, 0.25) is 0 Å². The summed E-state index contributed by atoms with van der Waals surface area (Å²) in [6.45, 7) is 3.18. The Morgan fingerprint density at radius 3 is 2.93 bits per heavy atom. The third kappa shape index (κ3) is 4.17. The number of rotatable bonds is 6. The van der Waals surface area contributed by atoms with Crippen molar-refractivity contribution in [1.82, 2.24) is 0 Å². The monoisotopic (exact) mass is 192 g/mol. The van der Waals surface area contributed by atoms with E-state index < -0.39 is 0 Å². The minimum atomic E-state index is 0.198. The van der Waals surface area contributed by atoms with Crippen molar-refractivity contribution >= 4 is 5.69 Å². The Morgan fingerprint density at radius 1 is 1.36 bits per heavy atom. The number of aromatic hydroxyl groups is 1. The van der Waals surface area contributed by atoms with E-state index in [1.54, 1.807) is 12.1 Å². The van der Waals surface area contributed by atoms with Crippen molar-refractivity contribution < 1.29 is 5.11 Å². The number of unbranched alkanes of at least 4 members (excludes halogenated alkanes) is 3. The first kappa shape index (κ1) is 10.9. The molecule has 0 saturated heterocycles. The lowest BCUT2D eigenvalue weighted by Gasteiger charge is -2.05. The van der Waals surface area contributed by atoms with Crippen molar-refractivity contribution in [3.05, 3.63) is 24.3 Å². The lowest BCUT2D eigenvalue weighted by Crippen LogP contribution is -2.00. The molecule has 2 N–H and O–H groups in total. The van der Waals surface area contributed by atoms with E-state index in [9.17, 15) is 0 Å². The largest absolute Gasteiger partial charge is 0.507 e. The molecule has 2 nitrogen and oxygen atoms in total. The molecular weight excluding hydrogens is 174 g/mol. The zero-order valence-corrected chi connectivity index (χ0v) is 8.71. The quantitative estimate of drug-likeness (QED) is 0.678. The number of phenols is 1. The maximum atomic E-state index is 9.16. The van der Waals surface area contributed by atoms with E-state index in [0.717, 1.165) is 12.2 Å². The van der Waals surface area contributed by atoms with Crippen LogP contribution in [0.4, 0.5) is 5.69 Å². The van der Waals surface area contributed by atoms with Crippen LogP contribution in [0, 0.1) is 6.07 Å². The maximum absolute atomic E-state index is 9.16. The van der Waals surface area contributed by atoms with Crippen LogP contribution >= 0.6 is 0 Å². The molecule has 14 heavy (non-hydrogen) atoms. The Bertz CT molecular complexity index is 260. The average Bonchev–Trinajstić information content (AvgIpc) is 2.18. The lowest BCUT2D eigenvalue weighted by atomic mass is 10.2. The van der Waals surface area contributed by atoms with Gasteiger partial charge in [-0.2, -0.15) is 0 Å². The standard InChI is InChI=1S/C12H18NO/c1-2-3-4-5-9-13-11-7-6-8-12(14)10-11/h6-7,10,13-14H,2-5,9H2,1H3. The van der Waals surface area contributed by atoms with Gasteiger partial charge in [0, 0.05) is 24.4 Å². The molecule has 0 aliphatic heterocycles. The molecule has 77 valence electrons. The summed E-state index contributed by atoms with van der Waals surface area (Å²) in [6, 6.07) is 8.03. The van der Waals surface area contributed by atoms with Crippen LogP contribution in [0.3, 0.4) is 0 Å². The third-order valence-electron chi connectivity index (χ3n) is 2.15. The number of benzene rings is 1. The number of anilines is 1. The van der Waals surface area contributed by atoms with Crippen LogP contribution in [0.25, 0.3) is 0 Å². The fourth-order valence-electron chi connectivity index (χ4n) is 1.35. The molecule has 0 atom stereocenters. The molecule has 0 heterocycles. The molecule has 0 aliphatic rings. The molecule has 0 unspecified atom stereocenters. The zero-order valence-electron chi connectivity index (χ0n) is 8.71. The maximum Gasteiger partial charge on any atom is 0.125 e. The van der Waals surface area contributed by atoms with Crippen LogP contribution in [0.1, 0.15) is 32.6 Å². The number of hydrogen-bond donors (Lipinski definition) is 2. The van der Waals surface area contributed by atoms with Crippen molar-refractivity contribution in [3.8, 4) is 5.75 Å². The van der Waals surface area contributed by atoms with Gasteiger partial charge in [-0.3, -0.25) is 0 Å². The predicted octanol–water partition coefficient (Wildman–Crippen LogP) is 3.18. The zero-order chi connectivity index (χ0) is 10.2. The van der Waals surface area contributed by atoms with Crippen LogP contribution in [0.2, 0.25) is 0 Å². The van der Waals surface area contributed by atoms with E-state index >= 15 is 0 Å². The molecule has 0 fully saturated rings. The van der Waals surface area contributed by atoms with Gasteiger partial charge in [0.25, 0.3) is 0 Å². The highest BCUT2D eigenvalue weighted by atomic mass is 16.3. The summed E-state index contributed by atoms with van der Waals surface area (Å²) in [7, 11) is 0. The topological polar surface area (TPSA) is 32.3 Å². The number of phenolic OH excluding ortho intramolecular Hbond substituents is 1.